The summed E-state index contributed by atoms with van der Waals surface area (Å²) in [5.74, 6) is -0.655. The van der Waals surface area contributed by atoms with Crippen LogP contribution >= 0.6 is 23.4 Å². The molecule has 1 aliphatic heterocycles. The van der Waals surface area contributed by atoms with Crippen molar-refractivity contribution in [3.8, 4) is 0 Å². The predicted octanol–water partition coefficient (Wildman–Crippen LogP) is 6.75. The molecule has 1 aromatic heterocycles. The molecule has 1 saturated heterocycles. The van der Waals surface area contributed by atoms with E-state index in [1.807, 2.05) is 0 Å². The molecule has 8 nitrogen and oxygen atoms in total. The fourth-order valence-electron chi connectivity index (χ4n) is 4.06. The van der Waals surface area contributed by atoms with E-state index in [1.54, 1.807) is 45.2 Å². The number of ether oxygens (including phenoxy) is 1. The number of fused-ring (bicyclic) bond motifs is 1. The molecule has 0 atom stereocenters. The number of hydrogen-bond donors (Lipinski definition) is 1. The van der Waals surface area contributed by atoms with Crippen LogP contribution in [0.1, 0.15) is 37.5 Å². The molecule has 13 heteroatoms. The molecule has 0 spiro atoms. The highest BCUT2D eigenvalue weighted by atomic mass is 35.5. The van der Waals surface area contributed by atoms with Gasteiger partial charge in [0, 0.05) is 30.5 Å². The van der Waals surface area contributed by atoms with E-state index >= 15 is 0 Å². The normalized spacial score (nSPS) is 15.7. The number of thioether (sulfide) groups is 1. The van der Waals surface area contributed by atoms with Crippen LogP contribution in [0.15, 0.2) is 47.5 Å². The lowest BCUT2D eigenvalue weighted by molar-refractivity contribution is -0.138. The minimum absolute atomic E-state index is 0.00590. The summed E-state index contributed by atoms with van der Waals surface area (Å²) in [6.07, 6.45) is -4.04. The predicted molar refractivity (Wildman–Crippen MR) is 147 cm³/mol. The van der Waals surface area contributed by atoms with Gasteiger partial charge < -0.3 is 9.64 Å². The third kappa shape index (κ3) is 6.61. The van der Waals surface area contributed by atoms with E-state index in [2.05, 4.69) is 10.2 Å². The second-order valence-electron chi connectivity index (χ2n) is 10.2. The average molecular weight is 595 g/mol. The number of nitrogens with zero attached hydrogens (tertiary/aromatic N) is 3. The van der Waals surface area contributed by atoms with Gasteiger partial charge in [-0.05, 0) is 79.9 Å². The zero-order valence-corrected chi connectivity index (χ0v) is 23.6. The lowest BCUT2D eigenvalue weighted by Gasteiger charge is -2.25. The maximum Gasteiger partial charge on any atom is 0.416 e. The number of amides is 3. The summed E-state index contributed by atoms with van der Waals surface area (Å²) in [6, 6.07) is 8.50. The van der Waals surface area contributed by atoms with Gasteiger partial charge in [0.25, 0.3) is 11.1 Å². The Morgan fingerprint density at radius 2 is 1.88 bits per heavy atom. The molecule has 1 fully saturated rings. The number of hydrogen-bond acceptors (Lipinski definition) is 6. The van der Waals surface area contributed by atoms with Gasteiger partial charge in [0.1, 0.15) is 5.60 Å². The van der Waals surface area contributed by atoms with Crippen molar-refractivity contribution in [1.29, 1.82) is 0 Å². The average Bonchev–Trinajstić information content (AvgIpc) is 3.43. The van der Waals surface area contributed by atoms with E-state index < -0.39 is 34.6 Å². The Kier molecular flexibility index (Phi) is 8.23. The minimum Gasteiger partial charge on any atom is -0.444 e. The highest BCUT2D eigenvalue weighted by Gasteiger charge is 2.39. The number of aromatic nitrogens is 2. The summed E-state index contributed by atoms with van der Waals surface area (Å²) in [7, 11) is 1.48. The molecule has 3 aromatic rings. The Hall–Kier alpha value is -3.51. The van der Waals surface area contributed by atoms with Crippen LogP contribution in [0.5, 0.6) is 0 Å². The van der Waals surface area contributed by atoms with Crippen LogP contribution < -0.4 is 0 Å². The van der Waals surface area contributed by atoms with Gasteiger partial charge in [0.15, 0.2) is 0 Å². The largest absolute Gasteiger partial charge is 0.444 e. The highest BCUT2D eigenvalue weighted by Crippen LogP contribution is 2.41. The number of likely N-dealkylation sites (N-methyl/N-ethyl adjacent to an activating group) is 1. The van der Waals surface area contributed by atoms with Crippen molar-refractivity contribution in [2.75, 3.05) is 20.1 Å². The van der Waals surface area contributed by atoms with E-state index in [0.717, 1.165) is 11.0 Å². The van der Waals surface area contributed by atoms with Gasteiger partial charge in [-0.1, -0.05) is 23.7 Å². The zero-order chi connectivity index (χ0) is 29.4. The number of nitrogens with one attached hydrogen (secondary N) is 1. The highest BCUT2D eigenvalue weighted by molar-refractivity contribution is 8.18. The molecule has 2 heterocycles. The first-order valence-corrected chi connectivity index (χ1v) is 13.3. The number of carbonyl (C=O) groups is 3. The topological polar surface area (TPSA) is 95.6 Å². The fourth-order valence-corrected chi connectivity index (χ4v) is 5.20. The van der Waals surface area contributed by atoms with Gasteiger partial charge in [-0.2, -0.15) is 18.3 Å². The first-order valence-electron chi connectivity index (χ1n) is 12.1. The van der Waals surface area contributed by atoms with E-state index in [-0.39, 0.29) is 40.6 Å². The van der Waals surface area contributed by atoms with Crippen molar-refractivity contribution < 1.29 is 32.3 Å². The Morgan fingerprint density at radius 1 is 1.15 bits per heavy atom. The SMILES string of the molecule is CN(CCN1C(=O)SC(=C(Cc2ccc(Cl)cc2C(F)(F)F)c2ccc3[nH]ncc3c2)C1=O)C(=O)OC(C)(C)C. The van der Waals surface area contributed by atoms with Crippen LogP contribution in [-0.4, -0.2) is 63.0 Å². The second-order valence-corrected chi connectivity index (χ2v) is 11.6. The Bertz CT molecular complexity index is 1510. The van der Waals surface area contributed by atoms with Crippen LogP contribution in [0.25, 0.3) is 16.5 Å². The molecule has 1 aliphatic rings. The third-order valence-electron chi connectivity index (χ3n) is 6.02. The number of allylic oxidation sites excluding steroid dienone is 1. The van der Waals surface area contributed by atoms with Crippen molar-refractivity contribution in [2.24, 2.45) is 0 Å². The number of alkyl halides is 3. The lowest BCUT2D eigenvalue weighted by atomic mass is 9.93. The fraction of sp³-hybridized carbons (Fsp3) is 0.333. The van der Waals surface area contributed by atoms with Crippen molar-refractivity contribution in [2.45, 2.75) is 39.0 Å². The molecule has 212 valence electrons. The summed E-state index contributed by atoms with van der Waals surface area (Å²) in [6.45, 7) is 5.03. The number of imide groups is 1. The van der Waals surface area contributed by atoms with Gasteiger partial charge >= 0.3 is 12.3 Å². The standard InChI is InChI=1S/C27H26ClF3N4O4S/c1-26(2,3)39-24(37)34(4)9-10-35-23(36)22(40-25(35)38)19(15-6-8-21-17(11-15)14-32-33-21)12-16-5-7-18(28)13-20(16)27(29,30)31/h5-8,11,13-14H,9-10,12H2,1-4H3,(H,32,33). The van der Waals surface area contributed by atoms with Gasteiger partial charge in [0.2, 0.25) is 0 Å². The molecule has 40 heavy (non-hydrogen) atoms. The van der Waals surface area contributed by atoms with Gasteiger partial charge in [-0.25, -0.2) is 4.79 Å². The maximum atomic E-state index is 13.9. The summed E-state index contributed by atoms with van der Waals surface area (Å²) in [5, 5.41) is 6.79. The van der Waals surface area contributed by atoms with Gasteiger partial charge in [0.05, 0.1) is 22.2 Å². The van der Waals surface area contributed by atoms with E-state index in [9.17, 15) is 27.6 Å². The maximum absolute atomic E-state index is 13.9. The van der Waals surface area contributed by atoms with Gasteiger partial charge in [-0.15, -0.1) is 0 Å². The third-order valence-corrected chi connectivity index (χ3v) is 7.28. The van der Waals surface area contributed by atoms with Crippen molar-refractivity contribution >= 4 is 57.1 Å². The number of aromatic amines is 1. The van der Waals surface area contributed by atoms with Crippen molar-refractivity contribution in [3.63, 3.8) is 0 Å². The Morgan fingerprint density at radius 3 is 2.55 bits per heavy atom. The van der Waals surface area contributed by atoms with Gasteiger partial charge in [-0.3, -0.25) is 19.6 Å². The molecule has 0 saturated carbocycles. The number of carbonyl (C=O) groups excluding carboxylic acids is 3. The lowest BCUT2D eigenvalue weighted by Crippen LogP contribution is -2.40. The summed E-state index contributed by atoms with van der Waals surface area (Å²) in [5.41, 5.74) is -0.339. The van der Waals surface area contributed by atoms with Crippen LogP contribution in [0.4, 0.5) is 22.8 Å². The molecule has 0 bridgehead atoms. The first kappa shape index (κ1) is 29.5. The summed E-state index contributed by atoms with van der Waals surface area (Å²) >= 11 is 6.52. The molecule has 0 aliphatic carbocycles. The number of halogens is 4. The molecule has 1 N–H and O–H groups in total. The van der Waals surface area contributed by atoms with Crippen molar-refractivity contribution in [3.05, 3.63) is 69.2 Å². The molecule has 4 rings (SSSR count). The molecule has 3 amide bonds. The van der Waals surface area contributed by atoms with E-state index in [1.165, 1.54) is 24.1 Å². The van der Waals surface area contributed by atoms with E-state index in [0.29, 0.717) is 28.2 Å². The van der Waals surface area contributed by atoms with Crippen LogP contribution in [0, 0.1) is 0 Å². The molecule has 0 unspecified atom stereocenters. The monoisotopic (exact) mass is 594 g/mol. The van der Waals surface area contributed by atoms with Crippen LogP contribution in [-0.2, 0) is 22.1 Å². The molecular weight excluding hydrogens is 569 g/mol. The summed E-state index contributed by atoms with van der Waals surface area (Å²) in [4.78, 5) is 41.0. The summed E-state index contributed by atoms with van der Waals surface area (Å²) < 4.78 is 47.0. The second kappa shape index (κ2) is 11.2. The van der Waals surface area contributed by atoms with Crippen molar-refractivity contribution in [1.82, 2.24) is 20.0 Å². The quantitative estimate of drug-likeness (QED) is 0.317. The van der Waals surface area contributed by atoms with Crippen LogP contribution in [0.3, 0.4) is 0 Å². The molecule has 0 radical (unpaired) electrons. The Balaban J connectivity index is 1.71. The molecule has 2 aromatic carbocycles. The van der Waals surface area contributed by atoms with Crippen LogP contribution in [0.2, 0.25) is 5.02 Å². The molecular formula is C27H26ClF3N4O4S. The smallest absolute Gasteiger partial charge is 0.416 e. The zero-order valence-electron chi connectivity index (χ0n) is 22.1. The van der Waals surface area contributed by atoms with E-state index in [4.69, 9.17) is 16.3 Å². The number of rotatable bonds is 6. The number of benzene rings is 2. The Labute approximate surface area is 237 Å². The first-order chi connectivity index (χ1) is 18.6. The minimum atomic E-state index is -4.69. The number of H-pyrrole nitrogens is 1.